The van der Waals surface area contributed by atoms with Crippen molar-refractivity contribution in [3.63, 3.8) is 0 Å². The normalized spacial score (nSPS) is 18.9. The van der Waals surface area contributed by atoms with Crippen molar-refractivity contribution in [2.24, 2.45) is 0 Å². The first-order valence-corrected chi connectivity index (χ1v) is 8.50. The molecule has 1 unspecified atom stereocenters. The third-order valence-electron chi connectivity index (χ3n) is 3.97. The van der Waals surface area contributed by atoms with Crippen molar-refractivity contribution in [1.82, 2.24) is 9.55 Å². The maximum atomic E-state index is 6.35. The van der Waals surface area contributed by atoms with Crippen molar-refractivity contribution in [3.8, 4) is 0 Å². The molecule has 1 aromatic heterocycles. The van der Waals surface area contributed by atoms with Crippen molar-refractivity contribution in [2.45, 2.75) is 50.4 Å². The molecule has 102 valence electrons. The molecular formula is C15H18ClIN2. The molecule has 1 fully saturated rings. The molecule has 0 spiro atoms. The van der Waals surface area contributed by atoms with Gasteiger partial charge in [-0.2, -0.15) is 0 Å². The fraction of sp³-hybridized carbons (Fsp3) is 0.533. The lowest BCUT2D eigenvalue weighted by molar-refractivity contribution is 0.352. The van der Waals surface area contributed by atoms with Gasteiger partial charge in [0.05, 0.1) is 16.4 Å². The van der Waals surface area contributed by atoms with Gasteiger partial charge in [-0.25, -0.2) is 4.98 Å². The van der Waals surface area contributed by atoms with Gasteiger partial charge in [0.15, 0.2) is 0 Å². The summed E-state index contributed by atoms with van der Waals surface area (Å²) in [5.74, 6) is 1.03. The summed E-state index contributed by atoms with van der Waals surface area (Å²) in [7, 11) is 0. The minimum absolute atomic E-state index is 0.0352. The molecule has 2 nitrogen and oxygen atoms in total. The standard InChI is InChI=1S/C15H18ClIN2/c1-10(16)15-18-13-9-11(17)7-8-14(13)19(15)12-5-3-2-4-6-12/h7-10,12H,2-6H2,1H3. The van der Waals surface area contributed by atoms with Crippen molar-refractivity contribution < 1.29 is 0 Å². The molecule has 1 saturated carbocycles. The van der Waals surface area contributed by atoms with Crippen molar-refractivity contribution in [1.29, 1.82) is 0 Å². The average molecular weight is 389 g/mol. The maximum absolute atomic E-state index is 6.35. The van der Waals surface area contributed by atoms with Crippen LogP contribution >= 0.6 is 34.2 Å². The molecule has 4 heteroatoms. The summed E-state index contributed by atoms with van der Waals surface area (Å²) in [4.78, 5) is 4.77. The van der Waals surface area contributed by atoms with Gasteiger partial charge in [-0.1, -0.05) is 19.3 Å². The Labute approximate surface area is 132 Å². The largest absolute Gasteiger partial charge is 0.324 e. The van der Waals surface area contributed by atoms with E-state index in [4.69, 9.17) is 16.6 Å². The van der Waals surface area contributed by atoms with Crippen LogP contribution in [0.1, 0.15) is 56.3 Å². The van der Waals surface area contributed by atoms with Gasteiger partial charge in [-0.15, -0.1) is 11.6 Å². The zero-order chi connectivity index (χ0) is 13.4. The summed E-state index contributed by atoms with van der Waals surface area (Å²) in [6.45, 7) is 2.02. The summed E-state index contributed by atoms with van der Waals surface area (Å²) in [6, 6.07) is 7.08. The molecule has 0 radical (unpaired) electrons. The smallest absolute Gasteiger partial charge is 0.127 e. The lowest BCUT2D eigenvalue weighted by atomic mass is 9.95. The highest BCUT2D eigenvalue weighted by Crippen LogP contribution is 2.35. The number of benzene rings is 1. The summed E-state index contributed by atoms with van der Waals surface area (Å²) >= 11 is 8.69. The lowest BCUT2D eigenvalue weighted by Crippen LogP contribution is -2.15. The quantitative estimate of drug-likeness (QED) is 0.494. The van der Waals surface area contributed by atoms with Crippen molar-refractivity contribution >= 4 is 45.2 Å². The van der Waals surface area contributed by atoms with Crippen LogP contribution in [0.2, 0.25) is 0 Å². The first-order chi connectivity index (χ1) is 9.16. The van der Waals surface area contributed by atoms with E-state index in [9.17, 15) is 0 Å². The molecule has 2 aromatic rings. The minimum Gasteiger partial charge on any atom is -0.324 e. The van der Waals surface area contributed by atoms with Gasteiger partial charge >= 0.3 is 0 Å². The van der Waals surface area contributed by atoms with E-state index in [2.05, 4.69) is 45.4 Å². The predicted molar refractivity (Wildman–Crippen MR) is 88.8 cm³/mol. The van der Waals surface area contributed by atoms with E-state index >= 15 is 0 Å². The van der Waals surface area contributed by atoms with Gasteiger partial charge in [0.25, 0.3) is 0 Å². The molecule has 1 atom stereocenters. The zero-order valence-electron chi connectivity index (χ0n) is 11.1. The number of hydrogen-bond donors (Lipinski definition) is 0. The van der Waals surface area contributed by atoms with E-state index in [0.29, 0.717) is 6.04 Å². The molecule has 0 saturated heterocycles. The monoisotopic (exact) mass is 388 g/mol. The van der Waals surface area contributed by atoms with E-state index in [-0.39, 0.29) is 5.38 Å². The van der Waals surface area contributed by atoms with Gasteiger partial charge in [0.1, 0.15) is 5.82 Å². The molecule has 0 bridgehead atoms. The number of nitrogens with zero attached hydrogens (tertiary/aromatic N) is 2. The second-order valence-corrected chi connectivity index (χ2v) is 7.28. The highest BCUT2D eigenvalue weighted by atomic mass is 127. The highest BCUT2D eigenvalue weighted by molar-refractivity contribution is 14.1. The van der Waals surface area contributed by atoms with E-state index in [1.165, 1.54) is 41.2 Å². The molecular weight excluding hydrogens is 371 g/mol. The number of alkyl halides is 1. The third kappa shape index (κ3) is 2.64. The van der Waals surface area contributed by atoms with Crippen molar-refractivity contribution in [2.75, 3.05) is 0 Å². The summed E-state index contributed by atoms with van der Waals surface area (Å²) in [5.41, 5.74) is 2.33. The Morgan fingerprint density at radius 1 is 1.32 bits per heavy atom. The van der Waals surface area contributed by atoms with Crippen LogP contribution in [0.4, 0.5) is 0 Å². The van der Waals surface area contributed by atoms with Crippen LogP contribution in [0.25, 0.3) is 11.0 Å². The van der Waals surface area contributed by atoms with Crippen LogP contribution < -0.4 is 0 Å². The Bertz CT molecular complexity index is 585. The molecule has 1 heterocycles. The van der Waals surface area contributed by atoms with Crippen LogP contribution in [0.15, 0.2) is 18.2 Å². The molecule has 0 amide bonds. The molecule has 1 aliphatic rings. The summed E-state index contributed by atoms with van der Waals surface area (Å²) < 4.78 is 3.63. The van der Waals surface area contributed by atoms with Crippen LogP contribution in [-0.4, -0.2) is 9.55 Å². The minimum atomic E-state index is -0.0352. The van der Waals surface area contributed by atoms with E-state index in [1.54, 1.807) is 0 Å². The van der Waals surface area contributed by atoms with Gasteiger partial charge in [0.2, 0.25) is 0 Å². The van der Waals surface area contributed by atoms with Crippen LogP contribution in [-0.2, 0) is 0 Å². The second kappa shape index (κ2) is 5.60. The number of imidazole rings is 1. The lowest BCUT2D eigenvalue weighted by Gasteiger charge is -2.26. The fourth-order valence-electron chi connectivity index (χ4n) is 3.09. The fourth-order valence-corrected chi connectivity index (χ4v) is 3.72. The van der Waals surface area contributed by atoms with Crippen molar-refractivity contribution in [3.05, 3.63) is 27.6 Å². The predicted octanol–water partition coefficient (Wildman–Crippen LogP) is 5.45. The number of halogens is 2. The van der Waals surface area contributed by atoms with Gasteiger partial charge in [0, 0.05) is 9.61 Å². The Morgan fingerprint density at radius 3 is 2.74 bits per heavy atom. The molecule has 0 aliphatic heterocycles. The second-order valence-electron chi connectivity index (χ2n) is 5.38. The van der Waals surface area contributed by atoms with Crippen LogP contribution in [0.3, 0.4) is 0 Å². The SMILES string of the molecule is CC(Cl)c1nc2cc(I)ccc2n1C1CCCCC1. The first-order valence-electron chi connectivity index (χ1n) is 6.98. The number of aromatic nitrogens is 2. The maximum Gasteiger partial charge on any atom is 0.127 e. The number of fused-ring (bicyclic) bond motifs is 1. The van der Waals surface area contributed by atoms with Crippen LogP contribution in [0.5, 0.6) is 0 Å². The average Bonchev–Trinajstić information content (AvgIpc) is 2.78. The highest BCUT2D eigenvalue weighted by Gasteiger charge is 2.23. The molecule has 19 heavy (non-hydrogen) atoms. The van der Waals surface area contributed by atoms with E-state index < -0.39 is 0 Å². The third-order valence-corrected chi connectivity index (χ3v) is 4.84. The number of hydrogen-bond acceptors (Lipinski definition) is 1. The Kier molecular flexibility index (Phi) is 4.03. The van der Waals surface area contributed by atoms with Crippen LogP contribution in [0, 0.1) is 3.57 Å². The Balaban J connectivity index is 2.15. The number of rotatable bonds is 2. The Hall–Kier alpha value is -0.290. The molecule has 1 aromatic carbocycles. The van der Waals surface area contributed by atoms with E-state index in [1.807, 2.05) is 6.92 Å². The van der Waals surface area contributed by atoms with E-state index in [0.717, 1.165) is 11.3 Å². The summed E-state index contributed by atoms with van der Waals surface area (Å²) in [5, 5.41) is -0.0352. The first kappa shape index (κ1) is 13.7. The molecule has 1 aliphatic carbocycles. The molecule has 3 rings (SSSR count). The Morgan fingerprint density at radius 2 is 2.05 bits per heavy atom. The van der Waals surface area contributed by atoms with Gasteiger partial charge in [-0.05, 0) is 60.6 Å². The summed E-state index contributed by atoms with van der Waals surface area (Å²) in [6.07, 6.45) is 6.53. The molecule has 0 N–H and O–H groups in total. The zero-order valence-corrected chi connectivity index (χ0v) is 14.0. The topological polar surface area (TPSA) is 17.8 Å². The van der Waals surface area contributed by atoms with Gasteiger partial charge in [-0.3, -0.25) is 0 Å². The van der Waals surface area contributed by atoms with Gasteiger partial charge < -0.3 is 4.57 Å².